The molecule has 176 valence electrons. The van der Waals surface area contributed by atoms with Crippen molar-refractivity contribution in [1.29, 1.82) is 0 Å². The summed E-state index contributed by atoms with van der Waals surface area (Å²) in [5.41, 5.74) is 3.68. The Morgan fingerprint density at radius 2 is 2.03 bits per heavy atom. The van der Waals surface area contributed by atoms with Gasteiger partial charge in [-0.15, -0.1) is 0 Å². The van der Waals surface area contributed by atoms with Crippen molar-refractivity contribution < 1.29 is 32.6 Å². The fourth-order valence-electron chi connectivity index (χ4n) is 4.14. The predicted molar refractivity (Wildman–Crippen MR) is 119 cm³/mol. The highest BCUT2D eigenvalue weighted by molar-refractivity contribution is 7.87. The Bertz CT molecular complexity index is 1440. The summed E-state index contributed by atoms with van der Waals surface area (Å²) in [5.74, 6) is 0.384. The molecule has 0 spiro atoms. The molecule has 1 aromatic carbocycles. The van der Waals surface area contributed by atoms with E-state index in [1.807, 2.05) is 6.07 Å². The minimum atomic E-state index is -4.21. The van der Waals surface area contributed by atoms with E-state index in [0.717, 1.165) is 9.87 Å². The van der Waals surface area contributed by atoms with Crippen LogP contribution in [-0.2, 0) is 34.5 Å². The van der Waals surface area contributed by atoms with Crippen molar-refractivity contribution in [3.05, 3.63) is 53.2 Å². The lowest BCUT2D eigenvalue weighted by atomic mass is 9.99. The number of hydrogen-bond acceptors (Lipinski definition) is 8. The highest BCUT2D eigenvalue weighted by Crippen LogP contribution is 2.39. The molecule has 5 rings (SSSR count). The Kier molecular flexibility index (Phi) is 5.21. The van der Waals surface area contributed by atoms with Gasteiger partial charge in [-0.2, -0.15) is 17.7 Å². The third-order valence-corrected chi connectivity index (χ3v) is 7.12. The number of amides is 2. The summed E-state index contributed by atoms with van der Waals surface area (Å²) >= 11 is 0. The number of carbonyl (C=O) groups is 2. The minimum Gasteiger partial charge on any atom is -0.481 e. The Balaban J connectivity index is 1.57. The molecule has 13 heteroatoms. The molecule has 0 saturated carbocycles. The van der Waals surface area contributed by atoms with Crippen LogP contribution in [0.15, 0.2) is 36.5 Å². The molecule has 0 fully saturated rings. The predicted octanol–water partition coefficient (Wildman–Crippen LogP) is 2.30. The number of carboxylic acid groups (broad SMARTS) is 1. The first-order valence-electron chi connectivity index (χ1n) is 10.2. The van der Waals surface area contributed by atoms with E-state index in [-0.39, 0.29) is 19.7 Å². The second kappa shape index (κ2) is 8.11. The summed E-state index contributed by atoms with van der Waals surface area (Å²) in [6.45, 7) is 0.141. The summed E-state index contributed by atoms with van der Waals surface area (Å²) in [6, 6.07) is 8.73. The first-order valence-corrected chi connectivity index (χ1v) is 11.6. The van der Waals surface area contributed by atoms with Gasteiger partial charge in [-0.3, -0.25) is 0 Å². The molecule has 34 heavy (non-hydrogen) atoms. The molecule has 2 N–H and O–H groups in total. The number of aromatic nitrogens is 2. The minimum absolute atomic E-state index is 0.0443. The fraction of sp³-hybridized carbons (Fsp3) is 0.238. The van der Waals surface area contributed by atoms with Gasteiger partial charge in [0.15, 0.2) is 5.65 Å². The lowest BCUT2D eigenvalue weighted by Crippen LogP contribution is -2.45. The second-order valence-electron chi connectivity index (χ2n) is 7.70. The van der Waals surface area contributed by atoms with Crippen LogP contribution in [0.4, 0.5) is 21.0 Å². The number of carbonyl (C=O) groups excluding carboxylic acids is 1. The number of fused-ring (bicyclic) bond motifs is 4. The number of methoxy groups -OCH3 is 1. The Morgan fingerprint density at radius 1 is 1.21 bits per heavy atom. The van der Waals surface area contributed by atoms with Crippen LogP contribution in [0.3, 0.4) is 0 Å². The summed E-state index contributed by atoms with van der Waals surface area (Å²) < 4.78 is 37.8. The van der Waals surface area contributed by atoms with Gasteiger partial charge in [0.1, 0.15) is 6.61 Å². The monoisotopic (exact) mass is 485 g/mol. The number of pyridine rings is 2. The number of ether oxygens (including phenoxy) is 2. The van der Waals surface area contributed by atoms with E-state index < -0.39 is 22.4 Å². The fourth-order valence-corrected chi connectivity index (χ4v) is 5.13. The molecular formula is C21H19N5O7S. The van der Waals surface area contributed by atoms with Crippen molar-refractivity contribution in [3.63, 3.8) is 0 Å². The first kappa shape index (κ1) is 21.9. The van der Waals surface area contributed by atoms with E-state index in [0.29, 0.717) is 45.8 Å². The number of nitrogens with zero attached hydrogens (tertiary/aromatic N) is 4. The molecule has 3 aromatic rings. The number of cyclic esters (lactones) is 1. The van der Waals surface area contributed by atoms with Crippen LogP contribution in [-0.4, -0.2) is 53.6 Å². The van der Waals surface area contributed by atoms with Crippen molar-refractivity contribution in [2.24, 2.45) is 0 Å². The number of hydrogen-bond donors (Lipinski definition) is 2. The molecule has 0 saturated heterocycles. The van der Waals surface area contributed by atoms with E-state index in [1.54, 1.807) is 35.2 Å². The van der Waals surface area contributed by atoms with Gasteiger partial charge in [-0.05, 0) is 35.7 Å². The van der Waals surface area contributed by atoms with Gasteiger partial charge in [0.25, 0.3) is 0 Å². The van der Waals surface area contributed by atoms with Gasteiger partial charge in [-0.25, -0.2) is 24.2 Å². The number of rotatable bonds is 4. The van der Waals surface area contributed by atoms with E-state index >= 15 is 0 Å². The second-order valence-corrected chi connectivity index (χ2v) is 9.37. The van der Waals surface area contributed by atoms with Gasteiger partial charge in [0.05, 0.1) is 18.5 Å². The molecule has 0 bridgehead atoms. The van der Waals surface area contributed by atoms with Crippen molar-refractivity contribution >= 4 is 44.8 Å². The molecule has 2 aliphatic heterocycles. The zero-order chi connectivity index (χ0) is 24.0. The average Bonchev–Trinajstić information content (AvgIpc) is 2.82. The molecule has 0 atom stereocenters. The molecule has 0 radical (unpaired) electrons. The number of nitrogens with one attached hydrogen (secondary N) is 1. The Hall–Kier alpha value is -3.97. The number of anilines is 2. The normalized spacial score (nSPS) is 15.9. The maximum atomic E-state index is 12.9. The lowest BCUT2D eigenvalue weighted by molar-refractivity contribution is 0.145. The maximum absolute atomic E-state index is 12.9. The van der Waals surface area contributed by atoms with Crippen LogP contribution in [0.1, 0.15) is 16.7 Å². The van der Waals surface area contributed by atoms with Crippen LogP contribution in [0.25, 0.3) is 11.0 Å². The smallest absolute Gasteiger partial charge is 0.419 e. The Morgan fingerprint density at radius 3 is 2.79 bits per heavy atom. The van der Waals surface area contributed by atoms with Gasteiger partial charge >= 0.3 is 22.4 Å². The van der Waals surface area contributed by atoms with E-state index in [1.165, 1.54) is 12.0 Å². The highest BCUT2D eigenvalue weighted by Gasteiger charge is 2.32. The van der Waals surface area contributed by atoms with Gasteiger partial charge < -0.3 is 14.6 Å². The van der Waals surface area contributed by atoms with Crippen molar-refractivity contribution in [2.75, 3.05) is 18.6 Å². The molecular weight excluding hydrogens is 466 g/mol. The Labute approximate surface area is 193 Å². The maximum Gasteiger partial charge on any atom is 0.419 e. The third-order valence-electron chi connectivity index (χ3n) is 5.70. The topological polar surface area (TPSA) is 151 Å². The molecule has 2 amide bonds. The molecule has 0 unspecified atom stereocenters. The third kappa shape index (κ3) is 3.74. The average molecular weight is 485 g/mol. The van der Waals surface area contributed by atoms with E-state index in [4.69, 9.17) is 14.6 Å². The van der Waals surface area contributed by atoms with Crippen molar-refractivity contribution in [2.45, 2.75) is 19.6 Å². The SMILES string of the molecule is COc1ccc2c3c(cnc2n1)COC(=O)N3c1ccc2c(c1)CN(S(=O)(=O)NC(=O)O)CC2. The molecule has 2 aliphatic rings. The molecule has 4 heterocycles. The highest BCUT2D eigenvalue weighted by atomic mass is 32.2. The van der Waals surface area contributed by atoms with Crippen LogP contribution in [0, 0.1) is 0 Å². The van der Waals surface area contributed by atoms with E-state index in [2.05, 4.69) is 9.97 Å². The van der Waals surface area contributed by atoms with E-state index in [9.17, 15) is 18.0 Å². The van der Waals surface area contributed by atoms with Gasteiger partial charge in [-0.1, -0.05) is 6.07 Å². The summed E-state index contributed by atoms with van der Waals surface area (Å²) in [4.78, 5) is 33.9. The number of benzene rings is 1. The summed E-state index contributed by atoms with van der Waals surface area (Å²) in [6.07, 6.45) is -0.261. The lowest BCUT2D eigenvalue weighted by Gasteiger charge is -2.32. The summed E-state index contributed by atoms with van der Waals surface area (Å²) in [7, 11) is -2.71. The van der Waals surface area contributed by atoms with Gasteiger partial charge in [0.2, 0.25) is 5.88 Å². The van der Waals surface area contributed by atoms with Crippen LogP contribution in [0.5, 0.6) is 5.88 Å². The zero-order valence-electron chi connectivity index (χ0n) is 17.9. The van der Waals surface area contributed by atoms with Gasteiger partial charge in [0, 0.05) is 36.3 Å². The standard InChI is InChI=1S/C21H19N5O7S/c1-32-17-5-4-16-18-14(9-22-19(16)23-17)11-33-21(29)26(18)15-3-2-12-6-7-25(10-13(12)8-15)34(30,31)24-20(27)28/h2-5,8-9,24H,6-7,10-11H2,1H3,(H,27,28). The van der Waals surface area contributed by atoms with Crippen LogP contribution in [0.2, 0.25) is 0 Å². The molecule has 0 aliphatic carbocycles. The summed E-state index contributed by atoms with van der Waals surface area (Å²) in [5, 5.41) is 9.47. The molecule has 12 nitrogen and oxygen atoms in total. The van der Waals surface area contributed by atoms with Crippen molar-refractivity contribution in [3.8, 4) is 5.88 Å². The van der Waals surface area contributed by atoms with Crippen LogP contribution < -0.4 is 14.4 Å². The van der Waals surface area contributed by atoms with Crippen molar-refractivity contribution in [1.82, 2.24) is 19.0 Å². The first-order chi connectivity index (χ1) is 16.3. The molecule has 2 aromatic heterocycles. The van der Waals surface area contributed by atoms with Crippen LogP contribution >= 0.6 is 0 Å². The largest absolute Gasteiger partial charge is 0.481 e. The quantitative estimate of drug-likeness (QED) is 0.567. The zero-order valence-corrected chi connectivity index (χ0v) is 18.7.